The zero-order valence-corrected chi connectivity index (χ0v) is 19.6. The number of benzene rings is 2. The number of anilines is 1. The van der Waals surface area contributed by atoms with Crippen molar-refractivity contribution in [2.24, 2.45) is 0 Å². The van der Waals surface area contributed by atoms with E-state index in [-0.39, 0.29) is 5.91 Å². The molecule has 168 valence electrons. The van der Waals surface area contributed by atoms with E-state index >= 15 is 0 Å². The first-order valence-electron chi connectivity index (χ1n) is 11.5. The number of hydrogen-bond acceptors (Lipinski definition) is 4. The van der Waals surface area contributed by atoms with Gasteiger partial charge in [0.15, 0.2) is 0 Å². The predicted octanol–water partition coefficient (Wildman–Crippen LogP) is 4.98. The van der Waals surface area contributed by atoms with Crippen LogP contribution >= 0.6 is 0 Å². The normalized spacial score (nSPS) is 14.1. The Kier molecular flexibility index (Phi) is 6.63. The maximum Gasteiger partial charge on any atom is 0.222 e. The van der Waals surface area contributed by atoms with Crippen molar-refractivity contribution in [2.75, 3.05) is 37.7 Å². The number of para-hydroxylation sites is 2. The third-order valence-corrected chi connectivity index (χ3v) is 6.38. The molecular formula is C27H33N3O2. The fourth-order valence-corrected chi connectivity index (χ4v) is 4.47. The molecule has 32 heavy (non-hydrogen) atoms. The van der Waals surface area contributed by atoms with Crippen LogP contribution in [0, 0.1) is 27.7 Å². The van der Waals surface area contributed by atoms with Gasteiger partial charge < -0.3 is 14.5 Å². The Morgan fingerprint density at radius 3 is 2.28 bits per heavy atom. The van der Waals surface area contributed by atoms with Crippen molar-refractivity contribution in [1.82, 2.24) is 9.88 Å². The molecule has 1 aromatic heterocycles. The summed E-state index contributed by atoms with van der Waals surface area (Å²) in [7, 11) is 0. The van der Waals surface area contributed by atoms with Crippen molar-refractivity contribution in [3.8, 4) is 5.75 Å². The number of hydrogen-bond donors (Lipinski definition) is 0. The minimum absolute atomic E-state index is 0.216. The lowest BCUT2D eigenvalue weighted by atomic mass is 10.1. The van der Waals surface area contributed by atoms with Crippen molar-refractivity contribution in [1.29, 1.82) is 0 Å². The molecule has 2 heterocycles. The van der Waals surface area contributed by atoms with Crippen LogP contribution in [0.15, 0.2) is 42.5 Å². The van der Waals surface area contributed by atoms with Crippen molar-refractivity contribution in [2.45, 2.75) is 40.5 Å². The van der Waals surface area contributed by atoms with E-state index in [1.54, 1.807) is 0 Å². The molecule has 0 aliphatic carbocycles. The monoisotopic (exact) mass is 431 g/mol. The molecule has 5 heteroatoms. The molecular weight excluding hydrogens is 398 g/mol. The largest absolute Gasteiger partial charge is 0.493 e. The molecule has 5 nitrogen and oxygen atoms in total. The first kappa shape index (κ1) is 22.1. The van der Waals surface area contributed by atoms with Gasteiger partial charge in [-0.3, -0.25) is 4.79 Å². The van der Waals surface area contributed by atoms with Crippen molar-refractivity contribution < 1.29 is 9.53 Å². The maximum atomic E-state index is 12.7. The standard InChI is InChI=1S/C27H33N3O2/c1-19-8-6-11-23-22(4)18-24(28-26(19)23)29-13-15-30(16-14-29)25(31)12-7-17-32-27-20(2)9-5-10-21(27)3/h5-6,8-11,18H,7,12-17H2,1-4H3. The van der Waals surface area contributed by atoms with E-state index in [9.17, 15) is 4.79 Å². The summed E-state index contributed by atoms with van der Waals surface area (Å²) in [6, 6.07) is 14.7. The van der Waals surface area contributed by atoms with E-state index < -0.39 is 0 Å². The number of fused-ring (bicyclic) bond motifs is 1. The highest BCUT2D eigenvalue weighted by Crippen LogP contribution is 2.26. The number of piperazine rings is 1. The van der Waals surface area contributed by atoms with Gasteiger partial charge in [-0.05, 0) is 62.4 Å². The fraction of sp³-hybridized carbons (Fsp3) is 0.407. The van der Waals surface area contributed by atoms with Gasteiger partial charge in [-0.15, -0.1) is 0 Å². The van der Waals surface area contributed by atoms with Crippen molar-refractivity contribution in [3.05, 3.63) is 64.7 Å². The summed E-state index contributed by atoms with van der Waals surface area (Å²) < 4.78 is 5.95. The van der Waals surface area contributed by atoms with E-state index in [1.165, 1.54) is 16.5 Å². The Labute approximate surface area is 191 Å². The zero-order valence-electron chi connectivity index (χ0n) is 19.6. The molecule has 0 saturated carbocycles. The van der Waals surface area contributed by atoms with Crippen LogP contribution in [0.3, 0.4) is 0 Å². The number of ether oxygens (including phenoxy) is 1. The van der Waals surface area contributed by atoms with Gasteiger partial charge >= 0.3 is 0 Å². The van der Waals surface area contributed by atoms with E-state index in [1.807, 2.05) is 11.0 Å². The number of aromatic nitrogens is 1. The average Bonchev–Trinajstić information content (AvgIpc) is 2.79. The maximum absolute atomic E-state index is 12.7. The van der Waals surface area contributed by atoms with Gasteiger partial charge in [0.1, 0.15) is 11.6 Å². The van der Waals surface area contributed by atoms with Crippen molar-refractivity contribution in [3.63, 3.8) is 0 Å². The first-order chi connectivity index (χ1) is 15.4. The summed E-state index contributed by atoms with van der Waals surface area (Å²) in [5, 5.41) is 1.21. The lowest BCUT2D eigenvalue weighted by molar-refractivity contribution is -0.131. The number of pyridine rings is 1. The highest BCUT2D eigenvalue weighted by molar-refractivity contribution is 5.86. The Hall–Kier alpha value is -3.08. The van der Waals surface area contributed by atoms with Crippen LogP contribution < -0.4 is 9.64 Å². The van der Waals surface area contributed by atoms with Gasteiger partial charge in [0, 0.05) is 38.0 Å². The summed E-state index contributed by atoms with van der Waals surface area (Å²) in [5.41, 5.74) is 5.80. The third-order valence-electron chi connectivity index (χ3n) is 6.38. The van der Waals surface area contributed by atoms with E-state index in [4.69, 9.17) is 9.72 Å². The molecule has 0 radical (unpaired) electrons. The molecule has 4 rings (SSSR count). The van der Waals surface area contributed by atoms with Gasteiger partial charge in [-0.2, -0.15) is 0 Å². The number of amides is 1. The van der Waals surface area contributed by atoms with Gasteiger partial charge in [-0.1, -0.05) is 36.4 Å². The minimum Gasteiger partial charge on any atom is -0.493 e. The molecule has 1 aliphatic heterocycles. The van der Waals surface area contributed by atoms with Crippen LogP contribution in [-0.2, 0) is 4.79 Å². The van der Waals surface area contributed by atoms with Gasteiger partial charge in [-0.25, -0.2) is 4.98 Å². The molecule has 1 fully saturated rings. The summed E-state index contributed by atoms with van der Waals surface area (Å²) in [6.45, 7) is 12.0. The SMILES string of the molecule is Cc1cccc(C)c1OCCCC(=O)N1CCN(c2cc(C)c3cccc(C)c3n2)CC1. The summed E-state index contributed by atoms with van der Waals surface area (Å²) in [5.74, 6) is 2.17. The number of aryl methyl sites for hydroxylation is 4. The van der Waals surface area contributed by atoms with Gasteiger partial charge in [0.25, 0.3) is 0 Å². The molecule has 1 amide bonds. The Bertz CT molecular complexity index is 1100. The molecule has 2 aromatic carbocycles. The molecule has 0 N–H and O–H groups in total. The van der Waals surface area contributed by atoms with Crippen LogP contribution in [0.25, 0.3) is 10.9 Å². The van der Waals surface area contributed by atoms with E-state index in [2.05, 4.69) is 69.0 Å². The molecule has 0 spiro atoms. The van der Waals surface area contributed by atoms with Crippen molar-refractivity contribution >= 4 is 22.6 Å². The smallest absolute Gasteiger partial charge is 0.222 e. The fourth-order valence-electron chi connectivity index (χ4n) is 4.47. The molecule has 1 saturated heterocycles. The lowest BCUT2D eigenvalue weighted by Gasteiger charge is -2.35. The second kappa shape index (κ2) is 9.60. The van der Waals surface area contributed by atoms with Crippen LogP contribution in [0.5, 0.6) is 5.75 Å². The molecule has 1 aliphatic rings. The first-order valence-corrected chi connectivity index (χ1v) is 11.5. The van der Waals surface area contributed by atoms with Gasteiger partial charge in [0.05, 0.1) is 12.1 Å². The Morgan fingerprint density at radius 2 is 1.56 bits per heavy atom. The summed E-state index contributed by atoms with van der Waals surface area (Å²) in [6.07, 6.45) is 1.26. The molecule has 0 unspecified atom stereocenters. The number of nitrogens with zero attached hydrogens (tertiary/aromatic N) is 3. The van der Waals surface area contributed by atoms with Crippen LogP contribution in [0.1, 0.15) is 35.1 Å². The average molecular weight is 432 g/mol. The Morgan fingerprint density at radius 1 is 0.906 bits per heavy atom. The van der Waals surface area contributed by atoms with Crippen LogP contribution in [-0.4, -0.2) is 48.6 Å². The minimum atomic E-state index is 0.216. The second-order valence-electron chi connectivity index (χ2n) is 8.81. The Balaban J connectivity index is 1.29. The predicted molar refractivity (Wildman–Crippen MR) is 131 cm³/mol. The lowest BCUT2D eigenvalue weighted by Crippen LogP contribution is -2.49. The number of rotatable bonds is 6. The van der Waals surface area contributed by atoms with Crippen LogP contribution in [0.4, 0.5) is 5.82 Å². The number of carbonyl (C=O) groups excluding carboxylic acids is 1. The third kappa shape index (κ3) is 4.72. The highest BCUT2D eigenvalue weighted by atomic mass is 16.5. The molecule has 0 bridgehead atoms. The zero-order chi connectivity index (χ0) is 22.7. The van der Waals surface area contributed by atoms with E-state index in [0.29, 0.717) is 13.0 Å². The quantitative estimate of drug-likeness (QED) is 0.517. The molecule has 0 atom stereocenters. The molecule has 3 aromatic rings. The van der Waals surface area contributed by atoms with E-state index in [0.717, 1.165) is 60.8 Å². The van der Waals surface area contributed by atoms with Crippen LogP contribution in [0.2, 0.25) is 0 Å². The van der Waals surface area contributed by atoms with Gasteiger partial charge in [0.2, 0.25) is 5.91 Å². The second-order valence-corrected chi connectivity index (χ2v) is 8.81. The summed E-state index contributed by atoms with van der Waals surface area (Å²) in [4.78, 5) is 21.9. The highest BCUT2D eigenvalue weighted by Gasteiger charge is 2.22. The topological polar surface area (TPSA) is 45.7 Å². The summed E-state index contributed by atoms with van der Waals surface area (Å²) >= 11 is 0. The number of carbonyl (C=O) groups is 1.